The molecule has 0 heterocycles. The van der Waals surface area contributed by atoms with Gasteiger partial charge in [0.25, 0.3) is 0 Å². The van der Waals surface area contributed by atoms with Gasteiger partial charge in [-0.3, -0.25) is 0 Å². The number of hydrogen-bond donors (Lipinski definition) is 0. The fraction of sp³-hybridized carbons (Fsp3) is 0.273. The maximum atomic E-state index is 12.2. The van der Waals surface area contributed by atoms with Gasteiger partial charge in [0.2, 0.25) is 0 Å². The van der Waals surface area contributed by atoms with Gasteiger partial charge >= 0.3 is 12.3 Å². The molecule has 0 spiro atoms. The number of halogens is 2. The van der Waals surface area contributed by atoms with E-state index in [4.69, 9.17) is 42.1 Å². The van der Waals surface area contributed by atoms with Crippen LogP contribution in [0.1, 0.15) is 26.7 Å². The van der Waals surface area contributed by atoms with Crippen molar-refractivity contribution < 1.29 is 28.5 Å². The molecule has 30 heavy (non-hydrogen) atoms. The Balaban J connectivity index is 2.24. The third-order valence-electron chi connectivity index (χ3n) is 4.18. The fourth-order valence-electron chi connectivity index (χ4n) is 2.94. The van der Waals surface area contributed by atoms with E-state index in [1.807, 2.05) is 13.8 Å². The second kappa shape index (κ2) is 9.87. The first kappa shape index (κ1) is 22.0. The summed E-state index contributed by atoms with van der Waals surface area (Å²) in [6.07, 6.45) is -0.402. The molecule has 3 rings (SSSR count). The van der Waals surface area contributed by atoms with E-state index in [1.165, 1.54) is 0 Å². The molecule has 0 aliphatic carbocycles. The van der Waals surface area contributed by atoms with Crippen molar-refractivity contribution in [2.75, 3.05) is 13.2 Å². The topological polar surface area (TPSA) is 71.1 Å². The SMILES string of the molecule is CCCOC(=O)Oc1c2ccc(Cl)cc2c(OC(=O)OCCC)c2c(Cl)cccc12. The first-order chi connectivity index (χ1) is 14.5. The van der Waals surface area contributed by atoms with Crippen LogP contribution in [0.3, 0.4) is 0 Å². The lowest BCUT2D eigenvalue weighted by molar-refractivity contribution is 0.0984. The summed E-state index contributed by atoms with van der Waals surface area (Å²) in [6.45, 7) is 4.20. The lowest BCUT2D eigenvalue weighted by Gasteiger charge is -2.17. The molecular formula is C22H20Cl2O6. The number of carbonyl (C=O) groups is 2. The van der Waals surface area contributed by atoms with Crippen LogP contribution in [0.2, 0.25) is 10.0 Å². The van der Waals surface area contributed by atoms with E-state index < -0.39 is 12.3 Å². The molecule has 0 atom stereocenters. The summed E-state index contributed by atoms with van der Waals surface area (Å²) < 4.78 is 21.2. The Morgan fingerprint density at radius 2 is 1.43 bits per heavy atom. The summed E-state index contributed by atoms with van der Waals surface area (Å²) in [5, 5.41) is 2.51. The molecule has 0 fully saturated rings. The molecule has 158 valence electrons. The van der Waals surface area contributed by atoms with E-state index in [-0.39, 0.29) is 24.7 Å². The number of fused-ring (bicyclic) bond motifs is 2. The van der Waals surface area contributed by atoms with Crippen LogP contribution in [0.15, 0.2) is 36.4 Å². The predicted octanol–water partition coefficient (Wildman–Crippen LogP) is 7.15. The van der Waals surface area contributed by atoms with Crippen molar-refractivity contribution in [3.63, 3.8) is 0 Å². The van der Waals surface area contributed by atoms with Crippen molar-refractivity contribution in [3.05, 3.63) is 46.4 Å². The van der Waals surface area contributed by atoms with Crippen molar-refractivity contribution in [1.82, 2.24) is 0 Å². The van der Waals surface area contributed by atoms with E-state index in [0.717, 1.165) is 0 Å². The first-order valence-corrected chi connectivity index (χ1v) is 10.2. The highest BCUT2D eigenvalue weighted by Crippen LogP contribution is 2.46. The number of carbonyl (C=O) groups excluding carboxylic acids is 2. The Morgan fingerprint density at radius 1 is 0.800 bits per heavy atom. The summed E-state index contributed by atoms with van der Waals surface area (Å²) >= 11 is 12.6. The van der Waals surface area contributed by atoms with Crippen molar-refractivity contribution in [2.45, 2.75) is 26.7 Å². The Labute approximate surface area is 183 Å². The molecule has 0 aromatic heterocycles. The Morgan fingerprint density at radius 3 is 2.07 bits per heavy atom. The highest BCUT2D eigenvalue weighted by molar-refractivity contribution is 6.38. The molecule has 0 aliphatic rings. The Kier molecular flexibility index (Phi) is 7.24. The van der Waals surface area contributed by atoms with Crippen LogP contribution in [0.25, 0.3) is 21.5 Å². The van der Waals surface area contributed by atoms with E-state index in [9.17, 15) is 9.59 Å². The second-order valence-corrected chi connectivity index (χ2v) is 7.26. The number of rotatable bonds is 6. The summed E-state index contributed by atoms with van der Waals surface area (Å²) in [7, 11) is 0. The number of ether oxygens (including phenoxy) is 4. The number of hydrogen-bond acceptors (Lipinski definition) is 6. The molecule has 0 bridgehead atoms. The van der Waals surface area contributed by atoms with Gasteiger partial charge in [0.05, 0.1) is 18.2 Å². The van der Waals surface area contributed by atoms with Crippen LogP contribution in [0.4, 0.5) is 9.59 Å². The number of benzene rings is 3. The Bertz CT molecular complexity index is 1100. The van der Waals surface area contributed by atoms with Gasteiger partial charge in [-0.2, -0.15) is 0 Å². The molecule has 0 N–H and O–H groups in total. The second-order valence-electron chi connectivity index (χ2n) is 6.41. The molecule has 3 aromatic rings. The molecule has 3 aromatic carbocycles. The lowest BCUT2D eigenvalue weighted by Crippen LogP contribution is -2.13. The van der Waals surface area contributed by atoms with Crippen LogP contribution >= 0.6 is 23.2 Å². The molecule has 0 saturated heterocycles. The summed E-state index contributed by atoms with van der Waals surface area (Å²) in [5.41, 5.74) is 0. The minimum absolute atomic E-state index is 0.170. The van der Waals surface area contributed by atoms with Gasteiger partial charge in [0.15, 0.2) is 11.5 Å². The normalized spacial score (nSPS) is 10.8. The van der Waals surface area contributed by atoms with Crippen molar-refractivity contribution in [2.24, 2.45) is 0 Å². The zero-order valence-corrected chi connectivity index (χ0v) is 18.0. The van der Waals surface area contributed by atoms with Gasteiger partial charge in [-0.05, 0) is 37.1 Å². The average Bonchev–Trinajstić information content (AvgIpc) is 2.73. The van der Waals surface area contributed by atoms with Crippen LogP contribution in [-0.2, 0) is 9.47 Å². The molecule has 0 amide bonds. The molecule has 0 aliphatic heterocycles. The third kappa shape index (κ3) is 4.71. The van der Waals surface area contributed by atoms with E-state index in [1.54, 1.807) is 36.4 Å². The minimum atomic E-state index is -0.865. The largest absolute Gasteiger partial charge is 0.513 e. The zero-order valence-electron chi connectivity index (χ0n) is 16.5. The van der Waals surface area contributed by atoms with Gasteiger partial charge in [0.1, 0.15) is 0 Å². The monoisotopic (exact) mass is 450 g/mol. The maximum Gasteiger partial charge on any atom is 0.513 e. The van der Waals surface area contributed by atoms with Gasteiger partial charge in [-0.15, -0.1) is 0 Å². The molecule has 6 nitrogen and oxygen atoms in total. The van der Waals surface area contributed by atoms with Gasteiger partial charge in [0, 0.05) is 26.6 Å². The Hall–Kier alpha value is -2.70. The summed E-state index contributed by atoms with van der Waals surface area (Å²) in [6, 6.07) is 9.97. The first-order valence-electron chi connectivity index (χ1n) is 9.48. The fourth-order valence-corrected chi connectivity index (χ4v) is 3.37. The summed E-state index contributed by atoms with van der Waals surface area (Å²) in [5.74, 6) is 0.401. The highest BCUT2D eigenvalue weighted by Gasteiger charge is 2.23. The van der Waals surface area contributed by atoms with Gasteiger partial charge in [-0.25, -0.2) is 9.59 Å². The van der Waals surface area contributed by atoms with Crippen molar-refractivity contribution in [1.29, 1.82) is 0 Å². The lowest BCUT2D eigenvalue weighted by atomic mass is 10.0. The van der Waals surface area contributed by atoms with Gasteiger partial charge < -0.3 is 18.9 Å². The molecule has 0 saturated carbocycles. The molecular weight excluding hydrogens is 431 g/mol. The predicted molar refractivity (Wildman–Crippen MR) is 116 cm³/mol. The van der Waals surface area contributed by atoms with Gasteiger partial charge in [-0.1, -0.05) is 49.2 Å². The van der Waals surface area contributed by atoms with E-state index in [2.05, 4.69) is 0 Å². The maximum absolute atomic E-state index is 12.2. The third-order valence-corrected chi connectivity index (χ3v) is 4.73. The van der Waals surface area contributed by atoms with Crippen LogP contribution < -0.4 is 9.47 Å². The highest BCUT2D eigenvalue weighted by atomic mass is 35.5. The van der Waals surface area contributed by atoms with E-state index >= 15 is 0 Å². The van der Waals surface area contributed by atoms with Crippen molar-refractivity contribution >= 4 is 57.1 Å². The zero-order chi connectivity index (χ0) is 21.7. The standard InChI is InChI=1S/C22H20Cl2O6/c1-3-10-27-21(25)29-19-14-9-8-13(23)12-16(14)20(30-22(26)28-11-4-2)18-15(19)6-5-7-17(18)24/h5-9,12H,3-4,10-11H2,1-2H3. The quantitative estimate of drug-likeness (QED) is 0.225. The smallest absolute Gasteiger partial charge is 0.434 e. The molecule has 0 radical (unpaired) electrons. The molecule has 0 unspecified atom stereocenters. The van der Waals surface area contributed by atoms with Crippen LogP contribution in [-0.4, -0.2) is 25.5 Å². The average molecular weight is 451 g/mol. The van der Waals surface area contributed by atoms with E-state index in [0.29, 0.717) is 44.4 Å². The minimum Gasteiger partial charge on any atom is -0.434 e. The summed E-state index contributed by atoms with van der Waals surface area (Å²) in [4.78, 5) is 24.4. The van der Waals surface area contributed by atoms with Crippen molar-refractivity contribution in [3.8, 4) is 11.5 Å². The van der Waals surface area contributed by atoms with Crippen LogP contribution in [0, 0.1) is 0 Å². The molecule has 8 heteroatoms. The van der Waals surface area contributed by atoms with Crippen LogP contribution in [0.5, 0.6) is 11.5 Å².